The maximum absolute atomic E-state index is 12.9. The average molecular weight is 403 g/mol. The Bertz CT molecular complexity index is 579. The Balaban J connectivity index is 0.00000220. The second-order valence-electron chi connectivity index (χ2n) is 4.36. The van der Waals surface area contributed by atoms with Crippen LogP contribution in [0.3, 0.4) is 0 Å². The number of nitrogens with two attached hydrogens (primary N) is 1. The fraction of sp³-hybridized carbons (Fsp3) is 0.286. The van der Waals surface area contributed by atoms with Crippen molar-refractivity contribution in [2.75, 3.05) is 6.54 Å². The molecule has 0 spiro atoms. The molecule has 0 saturated carbocycles. The molecule has 0 radical (unpaired) electrons. The smallest absolute Gasteiger partial charge is 0.188 e. The molecule has 0 saturated heterocycles. The molecule has 7 heteroatoms. The van der Waals surface area contributed by atoms with Crippen LogP contribution < -0.4 is 11.1 Å². The lowest BCUT2D eigenvalue weighted by atomic mass is 10.3. The van der Waals surface area contributed by atoms with E-state index in [0.717, 1.165) is 24.3 Å². The standard InChI is InChI=1S/C14H18FN5.HI/c1-2-8-17-14(16)18-10-12-7-9-20(19-12)13-5-3-11(15)4-6-13;/h3-7,9H,2,8,10H2,1H3,(H3,16,17,18);1H. The predicted octanol–water partition coefficient (Wildman–Crippen LogP) is 2.44. The minimum atomic E-state index is -0.263. The molecule has 0 aliphatic carbocycles. The van der Waals surface area contributed by atoms with Crippen LogP contribution in [-0.2, 0) is 6.54 Å². The van der Waals surface area contributed by atoms with Gasteiger partial charge in [-0.25, -0.2) is 14.1 Å². The molecule has 0 bridgehead atoms. The lowest BCUT2D eigenvalue weighted by Crippen LogP contribution is -2.32. The normalized spacial score (nSPS) is 11.0. The first-order valence-electron chi connectivity index (χ1n) is 6.53. The highest BCUT2D eigenvalue weighted by Gasteiger charge is 2.01. The Hall–Kier alpha value is -1.64. The second-order valence-corrected chi connectivity index (χ2v) is 4.36. The number of rotatable bonds is 5. The Morgan fingerprint density at radius 3 is 2.71 bits per heavy atom. The van der Waals surface area contributed by atoms with E-state index in [1.54, 1.807) is 16.8 Å². The maximum Gasteiger partial charge on any atom is 0.188 e. The van der Waals surface area contributed by atoms with Gasteiger partial charge in [-0.05, 0) is 36.8 Å². The van der Waals surface area contributed by atoms with E-state index >= 15 is 0 Å². The first-order chi connectivity index (χ1) is 9.69. The van der Waals surface area contributed by atoms with Crippen LogP contribution in [0.1, 0.15) is 19.0 Å². The first-order valence-corrected chi connectivity index (χ1v) is 6.53. The summed E-state index contributed by atoms with van der Waals surface area (Å²) in [5, 5.41) is 7.36. The summed E-state index contributed by atoms with van der Waals surface area (Å²) >= 11 is 0. The molecule has 0 fully saturated rings. The fourth-order valence-corrected chi connectivity index (χ4v) is 1.66. The van der Waals surface area contributed by atoms with Crippen LogP contribution in [0, 0.1) is 5.82 Å². The first kappa shape index (κ1) is 17.4. The van der Waals surface area contributed by atoms with Crippen molar-refractivity contribution in [2.24, 2.45) is 10.7 Å². The molecule has 0 unspecified atom stereocenters. The zero-order valence-electron chi connectivity index (χ0n) is 11.8. The lowest BCUT2D eigenvalue weighted by Gasteiger charge is -2.02. The average Bonchev–Trinajstić information content (AvgIpc) is 2.92. The number of hydrogen-bond donors (Lipinski definition) is 2. The molecule has 0 atom stereocenters. The van der Waals surface area contributed by atoms with Crippen molar-refractivity contribution in [1.29, 1.82) is 0 Å². The van der Waals surface area contributed by atoms with E-state index in [0.29, 0.717) is 12.5 Å². The van der Waals surface area contributed by atoms with Gasteiger partial charge < -0.3 is 11.1 Å². The minimum Gasteiger partial charge on any atom is -0.370 e. The summed E-state index contributed by atoms with van der Waals surface area (Å²) in [5.41, 5.74) is 7.31. The highest BCUT2D eigenvalue weighted by Crippen LogP contribution is 2.09. The van der Waals surface area contributed by atoms with Crippen molar-refractivity contribution in [1.82, 2.24) is 15.1 Å². The van der Waals surface area contributed by atoms with Gasteiger partial charge in [0.2, 0.25) is 0 Å². The Kier molecular flexibility index (Phi) is 7.13. The van der Waals surface area contributed by atoms with Crippen LogP contribution in [0.4, 0.5) is 4.39 Å². The third-order valence-electron chi connectivity index (χ3n) is 2.70. The van der Waals surface area contributed by atoms with Gasteiger partial charge in [0.05, 0.1) is 17.9 Å². The van der Waals surface area contributed by atoms with Gasteiger partial charge in [-0.3, -0.25) is 0 Å². The monoisotopic (exact) mass is 403 g/mol. The Morgan fingerprint density at radius 2 is 2.05 bits per heavy atom. The number of halogens is 2. The highest BCUT2D eigenvalue weighted by atomic mass is 127. The number of aliphatic imine (C=N–C) groups is 1. The zero-order chi connectivity index (χ0) is 14.4. The molecular weight excluding hydrogens is 384 g/mol. The molecule has 2 rings (SSSR count). The SMILES string of the molecule is CCCNC(N)=NCc1ccn(-c2ccc(F)cc2)n1.I. The molecule has 114 valence electrons. The van der Waals surface area contributed by atoms with E-state index in [-0.39, 0.29) is 29.8 Å². The summed E-state index contributed by atoms with van der Waals surface area (Å²) in [6.45, 7) is 3.28. The van der Waals surface area contributed by atoms with Crippen LogP contribution in [0.15, 0.2) is 41.5 Å². The topological polar surface area (TPSA) is 68.2 Å². The number of benzene rings is 1. The van der Waals surface area contributed by atoms with E-state index in [1.807, 2.05) is 12.3 Å². The summed E-state index contributed by atoms with van der Waals surface area (Å²) in [4.78, 5) is 4.20. The van der Waals surface area contributed by atoms with Crippen LogP contribution in [0.5, 0.6) is 0 Å². The van der Waals surface area contributed by atoms with Crippen molar-refractivity contribution in [3.8, 4) is 5.69 Å². The van der Waals surface area contributed by atoms with Crippen molar-refractivity contribution in [3.05, 3.63) is 48.0 Å². The summed E-state index contributed by atoms with van der Waals surface area (Å²) in [5.74, 6) is 0.156. The van der Waals surface area contributed by atoms with E-state index in [1.165, 1.54) is 12.1 Å². The highest BCUT2D eigenvalue weighted by molar-refractivity contribution is 14.0. The lowest BCUT2D eigenvalue weighted by molar-refractivity contribution is 0.627. The molecule has 1 heterocycles. The van der Waals surface area contributed by atoms with Crippen molar-refractivity contribution in [2.45, 2.75) is 19.9 Å². The van der Waals surface area contributed by atoms with Gasteiger partial charge in [-0.15, -0.1) is 24.0 Å². The van der Waals surface area contributed by atoms with Crippen LogP contribution in [-0.4, -0.2) is 22.3 Å². The molecule has 0 amide bonds. The van der Waals surface area contributed by atoms with E-state index in [4.69, 9.17) is 5.73 Å². The largest absolute Gasteiger partial charge is 0.370 e. The Labute approximate surface area is 140 Å². The van der Waals surface area contributed by atoms with Crippen LogP contribution in [0.2, 0.25) is 0 Å². The van der Waals surface area contributed by atoms with Gasteiger partial charge in [0.15, 0.2) is 5.96 Å². The van der Waals surface area contributed by atoms with Crippen LogP contribution >= 0.6 is 24.0 Å². The summed E-state index contributed by atoms with van der Waals surface area (Å²) in [6.07, 6.45) is 2.81. The quantitative estimate of drug-likeness (QED) is 0.458. The molecular formula is C14H19FIN5. The van der Waals surface area contributed by atoms with E-state index in [9.17, 15) is 4.39 Å². The molecule has 21 heavy (non-hydrogen) atoms. The Morgan fingerprint density at radius 1 is 1.33 bits per heavy atom. The predicted molar refractivity (Wildman–Crippen MR) is 92.6 cm³/mol. The molecule has 0 aliphatic heterocycles. The zero-order valence-corrected chi connectivity index (χ0v) is 14.1. The van der Waals surface area contributed by atoms with Crippen LogP contribution in [0.25, 0.3) is 5.69 Å². The van der Waals surface area contributed by atoms with Crippen molar-refractivity contribution >= 4 is 29.9 Å². The van der Waals surface area contributed by atoms with Gasteiger partial charge in [0.25, 0.3) is 0 Å². The van der Waals surface area contributed by atoms with Gasteiger partial charge in [0.1, 0.15) is 5.82 Å². The number of aromatic nitrogens is 2. The van der Waals surface area contributed by atoms with Crippen molar-refractivity contribution in [3.63, 3.8) is 0 Å². The summed E-state index contributed by atoms with van der Waals surface area (Å²) in [6, 6.07) is 8.02. The van der Waals surface area contributed by atoms with E-state index in [2.05, 4.69) is 22.3 Å². The molecule has 1 aromatic heterocycles. The van der Waals surface area contributed by atoms with E-state index < -0.39 is 0 Å². The fourth-order valence-electron chi connectivity index (χ4n) is 1.66. The molecule has 5 nitrogen and oxygen atoms in total. The van der Waals surface area contributed by atoms with Gasteiger partial charge in [-0.1, -0.05) is 6.92 Å². The van der Waals surface area contributed by atoms with Gasteiger partial charge >= 0.3 is 0 Å². The number of guanidine groups is 1. The third kappa shape index (κ3) is 5.33. The summed E-state index contributed by atoms with van der Waals surface area (Å²) in [7, 11) is 0. The molecule has 3 N–H and O–H groups in total. The van der Waals surface area contributed by atoms with Gasteiger partial charge in [0, 0.05) is 12.7 Å². The summed E-state index contributed by atoms with van der Waals surface area (Å²) < 4.78 is 14.5. The maximum atomic E-state index is 12.9. The number of nitrogens with one attached hydrogen (secondary N) is 1. The molecule has 0 aliphatic rings. The third-order valence-corrected chi connectivity index (χ3v) is 2.70. The van der Waals surface area contributed by atoms with Gasteiger partial charge in [-0.2, -0.15) is 5.10 Å². The minimum absolute atomic E-state index is 0. The second kappa shape index (κ2) is 8.60. The van der Waals surface area contributed by atoms with Crippen molar-refractivity contribution < 1.29 is 4.39 Å². The molecule has 2 aromatic rings. The number of hydrogen-bond acceptors (Lipinski definition) is 2. The molecule has 1 aromatic carbocycles. The number of nitrogens with zero attached hydrogens (tertiary/aromatic N) is 3.